The summed E-state index contributed by atoms with van der Waals surface area (Å²) in [6, 6.07) is 8.41. The van der Waals surface area contributed by atoms with Gasteiger partial charge in [0.05, 0.1) is 17.1 Å². The molecule has 0 saturated carbocycles. The van der Waals surface area contributed by atoms with Crippen molar-refractivity contribution >= 4 is 11.0 Å². The third kappa shape index (κ3) is 3.05. The van der Waals surface area contributed by atoms with Gasteiger partial charge in [-0.05, 0) is 37.6 Å². The number of aromatic nitrogens is 2. The second kappa shape index (κ2) is 5.46. The summed E-state index contributed by atoms with van der Waals surface area (Å²) < 4.78 is 0. The molecule has 0 spiro atoms. The fourth-order valence-corrected chi connectivity index (χ4v) is 1.84. The van der Waals surface area contributed by atoms with Gasteiger partial charge in [0.15, 0.2) is 0 Å². The maximum atomic E-state index is 8.40. The third-order valence-corrected chi connectivity index (χ3v) is 2.67. The fourth-order valence-electron chi connectivity index (χ4n) is 1.84. The van der Waals surface area contributed by atoms with E-state index >= 15 is 0 Å². The number of fused-ring (bicyclic) bond motifs is 1. The molecule has 0 unspecified atom stereocenters. The van der Waals surface area contributed by atoms with Gasteiger partial charge in [-0.1, -0.05) is 6.07 Å². The molecule has 1 heterocycles. The van der Waals surface area contributed by atoms with Gasteiger partial charge in [-0.25, -0.2) is 4.98 Å². The van der Waals surface area contributed by atoms with Crippen molar-refractivity contribution in [2.75, 3.05) is 13.1 Å². The Bertz CT molecular complexity index is 536. The van der Waals surface area contributed by atoms with Crippen molar-refractivity contribution in [3.05, 3.63) is 29.6 Å². The maximum Gasteiger partial charge on any atom is 0.104 e. The van der Waals surface area contributed by atoms with E-state index in [9.17, 15) is 0 Å². The van der Waals surface area contributed by atoms with Gasteiger partial charge < -0.3 is 10.3 Å². The molecule has 17 heavy (non-hydrogen) atoms. The Morgan fingerprint density at radius 1 is 1.41 bits per heavy atom. The van der Waals surface area contributed by atoms with Crippen molar-refractivity contribution in [2.24, 2.45) is 0 Å². The van der Waals surface area contributed by atoms with Crippen LogP contribution in [0.15, 0.2) is 18.2 Å². The first-order valence-corrected chi connectivity index (χ1v) is 5.82. The highest BCUT2D eigenvalue weighted by atomic mass is 14.9. The molecule has 0 saturated heterocycles. The van der Waals surface area contributed by atoms with Crippen molar-refractivity contribution in [3.63, 3.8) is 0 Å². The zero-order valence-corrected chi connectivity index (χ0v) is 9.95. The van der Waals surface area contributed by atoms with Crippen LogP contribution in [0.3, 0.4) is 0 Å². The van der Waals surface area contributed by atoms with Crippen molar-refractivity contribution in [1.29, 1.82) is 5.26 Å². The molecule has 0 aliphatic heterocycles. The van der Waals surface area contributed by atoms with Crippen LogP contribution in [0.2, 0.25) is 0 Å². The molecule has 4 heteroatoms. The first-order valence-electron chi connectivity index (χ1n) is 5.82. The van der Waals surface area contributed by atoms with Crippen molar-refractivity contribution < 1.29 is 0 Å². The van der Waals surface area contributed by atoms with Crippen LogP contribution < -0.4 is 5.32 Å². The second-order valence-electron chi connectivity index (χ2n) is 4.08. The third-order valence-electron chi connectivity index (χ3n) is 2.67. The number of aryl methyl sites for hydroxylation is 1. The van der Waals surface area contributed by atoms with Crippen molar-refractivity contribution in [2.45, 2.75) is 19.8 Å². The van der Waals surface area contributed by atoms with Gasteiger partial charge in [0.2, 0.25) is 0 Å². The molecule has 2 aromatic rings. The van der Waals surface area contributed by atoms with E-state index in [1.807, 2.05) is 13.0 Å². The lowest BCUT2D eigenvalue weighted by molar-refractivity contribution is 0.692. The summed E-state index contributed by atoms with van der Waals surface area (Å²) in [6.45, 7) is 3.63. The topological polar surface area (TPSA) is 64.5 Å². The average molecular weight is 228 g/mol. The van der Waals surface area contributed by atoms with Crippen LogP contribution in [0.5, 0.6) is 0 Å². The van der Waals surface area contributed by atoms with Gasteiger partial charge in [-0.2, -0.15) is 5.26 Å². The number of nitrogens with one attached hydrogen (secondary N) is 2. The number of nitriles is 1. The van der Waals surface area contributed by atoms with Crippen LogP contribution >= 0.6 is 0 Å². The molecule has 0 aliphatic rings. The molecular weight excluding hydrogens is 212 g/mol. The van der Waals surface area contributed by atoms with E-state index < -0.39 is 0 Å². The number of nitrogens with zero attached hydrogens (tertiary/aromatic N) is 2. The Balaban J connectivity index is 1.93. The lowest BCUT2D eigenvalue weighted by Gasteiger charge is -2.02. The highest BCUT2D eigenvalue weighted by molar-refractivity contribution is 5.75. The predicted molar refractivity (Wildman–Crippen MR) is 67.6 cm³/mol. The minimum absolute atomic E-state index is 0.568. The normalized spacial score (nSPS) is 10.6. The Hall–Kier alpha value is -1.86. The fraction of sp³-hybridized carbons (Fsp3) is 0.385. The molecule has 0 bridgehead atoms. The monoisotopic (exact) mass is 228 g/mol. The molecule has 0 aliphatic carbocycles. The minimum atomic E-state index is 0.568. The number of hydrogen-bond donors (Lipinski definition) is 2. The summed E-state index contributed by atoms with van der Waals surface area (Å²) in [5.74, 6) is 0.948. The van der Waals surface area contributed by atoms with Crippen LogP contribution in [0, 0.1) is 18.3 Å². The van der Waals surface area contributed by atoms with E-state index in [0.29, 0.717) is 6.42 Å². The highest BCUT2D eigenvalue weighted by Crippen LogP contribution is 2.13. The summed E-state index contributed by atoms with van der Waals surface area (Å²) in [5.41, 5.74) is 3.39. The SMILES string of the molecule is Cc1nc2ccc(CCNCCC#N)cc2[nH]1. The second-order valence-corrected chi connectivity index (χ2v) is 4.08. The first-order chi connectivity index (χ1) is 8.29. The van der Waals surface area contributed by atoms with E-state index in [1.54, 1.807) is 0 Å². The molecule has 2 rings (SSSR count). The van der Waals surface area contributed by atoms with Crippen LogP contribution in [0.1, 0.15) is 17.8 Å². The smallest absolute Gasteiger partial charge is 0.104 e. The molecule has 0 amide bonds. The zero-order valence-electron chi connectivity index (χ0n) is 9.95. The highest BCUT2D eigenvalue weighted by Gasteiger charge is 2.00. The number of benzene rings is 1. The summed E-state index contributed by atoms with van der Waals surface area (Å²) in [6.07, 6.45) is 1.54. The summed E-state index contributed by atoms with van der Waals surface area (Å²) in [7, 11) is 0. The Morgan fingerprint density at radius 2 is 2.29 bits per heavy atom. The van der Waals surface area contributed by atoms with E-state index in [0.717, 1.165) is 36.4 Å². The number of rotatable bonds is 5. The van der Waals surface area contributed by atoms with Crippen molar-refractivity contribution in [1.82, 2.24) is 15.3 Å². The molecule has 88 valence electrons. The Kier molecular flexibility index (Phi) is 3.73. The predicted octanol–water partition coefficient (Wildman–Crippen LogP) is 1.92. The molecular formula is C13H16N4. The maximum absolute atomic E-state index is 8.40. The zero-order chi connectivity index (χ0) is 12.1. The number of imidazole rings is 1. The number of aromatic amines is 1. The minimum Gasteiger partial charge on any atom is -0.342 e. The lowest BCUT2D eigenvalue weighted by atomic mass is 10.1. The lowest BCUT2D eigenvalue weighted by Crippen LogP contribution is -2.18. The summed E-state index contributed by atoms with van der Waals surface area (Å²) in [4.78, 5) is 7.60. The molecule has 2 N–H and O–H groups in total. The molecule has 1 aromatic carbocycles. The summed E-state index contributed by atoms with van der Waals surface area (Å²) in [5, 5.41) is 11.6. The van der Waals surface area contributed by atoms with Gasteiger partial charge >= 0.3 is 0 Å². The standard InChI is InChI=1S/C13H16N4/c1-10-16-12-4-3-11(9-13(12)17-10)5-8-15-7-2-6-14/h3-4,9,15H,2,5,7-8H2,1H3,(H,16,17). The van der Waals surface area contributed by atoms with Crippen LogP contribution in [0.4, 0.5) is 0 Å². The van der Waals surface area contributed by atoms with Crippen LogP contribution in [-0.2, 0) is 6.42 Å². The van der Waals surface area contributed by atoms with Gasteiger partial charge in [-0.15, -0.1) is 0 Å². The van der Waals surface area contributed by atoms with E-state index in [-0.39, 0.29) is 0 Å². The molecule has 0 fully saturated rings. The van der Waals surface area contributed by atoms with Gasteiger partial charge in [-0.3, -0.25) is 0 Å². The molecule has 0 atom stereocenters. The molecule has 1 aromatic heterocycles. The van der Waals surface area contributed by atoms with E-state index in [1.165, 1.54) is 5.56 Å². The number of hydrogen-bond acceptors (Lipinski definition) is 3. The van der Waals surface area contributed by atoms with Gasteiger partial charge in [0.1, 0.15) is 5.82 Å². The van der Waals surface area contributed by atoms with E-state index in [4.69, 9.17) is 5.26 Å². The number of H-pyrrole nitrogens is 1. The average Bonchev–Trinajstić information content (AvgIpc) is 2.68. The first kappa shape index (κ1) is 11.6. The Morgan fingerprint density at radius 3 is 3.12 bits per heavy atom. The van der Waals surface area contributed by atoms with Crippen LogP contribution in [-0.4, -0.2) is 23.1 Å². The summed E-state index contributed by atoms with van der Waals surface area (Å²) >= 11 is 0. The quantitative estimate of drug-likeness (QED) is 0.768. The molecule has 4 nitrogen and oxygen atoms in total. The van der Waals surface area contributed by atoms with E-state index in [2.05, 4.69) is 33.5 Å². The van der Waals surface area contributed by atoms with Crippen molar-refractivity contribution in [3.8, 4) is 6.07 Å². The van der Waals surface area contributed by atoms with Gasteiger partial charge in [0, 0.05) is 13.0 Å². The molecule has 0 radical (unpaired) electrons. The largest absolute Gasteiger partial charge is 0.342 e. The van der Waals surface area contributed by atoms with Crippen LogP contribution in [0.25, 0.3) is 11.0 Å². The Labute approximate surface area is 101 Å². The van der Waals surface area contributed by atoms with Gasteiger partial charge in [0.25, 0.3) is 0 Å².